The summed E-state index contributed by atoms with van der Waals surface area (Å²) < 4.78 is 0. The van der Waals surface area contributed by atoms with Gasteiger partial charge in [-0.2, -0.15) is 0 Å². The molecule has 5 nitrogen and oxygen atoms in total. The minimum Gasteiger partial charge on any atom is -0.337 e. The van der Waals surface area contributed by atoms with E-state index in [0.717, 1.165) is 56.5 Å². The van der Waals surface area contributed by atoms with Gasteiger partial charge < -0.3 is 9.80 Å². The predicted molar refractivity (Wildman–Crippen MR) is 129 cm³/mol. The van der Waals surface area contributed by atoms with E-state index in [1.807, 2.05) is 11.8 Å². The highest BCUT2D eigenvalue weighted by Gasteiger charge is 2.29. The van der Waals surface area contributed by atoms with Crippen molar-refractivity contribution in [1.29, 1.82) is 0 Å². The highest BCUT2D eigenvalue weighted by molar-refractivity contribution is 5.93. The highest BCUT2D eigenvalue weighted by Crippen LogP contribution is 2.23. The number of nitrogens with zero attached hydrogens (tertiary/aromatic N) is 4. The summed E-state index contributed by atoms with van der Waals surface area (Å²) in [5.74, 6) is 0.0809. The maximum Gasteiger partial charge on any atom is 0.272 e. The summed E-state index contributed by atoms with van der Waals surface area (Å²) in [5.41, 5.74) is 6.61. The minimum atomic E-state index is 0.0809. The minimum absolute atomic E-state index is 0.0809. The van der Waals surface area contributed by atoms with Crippen molar-refractivity contribution >= 4 is 5.91 Å². The third kappa shape index (κ3) is 5.37. The average molecular weight is 435 g/mol. The fourth-order valence-corrected chi connectivity index (χ4v) is 5.24. The Morgan fingerprint density at radius 3 is 2.41 bits per heavy atom. The van der Waals surface area contributed by atoms with E-state index in [9.17, 15) is 4.79 Å². The molecule has 0 unspecified atom stereocenters. The van der Waals surface area contributed by atoms with Crippen molar-refractivity contribution in [3.8, 4) is 0 Å². The first kappa shape index (κ1) is 22.9. The molecule has 0 radical (unpaired) electrons. The number of likely N-dealkylation sites (tertiary alicyclic amines) is 2. The van der Waals surface area contributed by atoms with Crippen LogP contribution in [0.2, 0.25) is 0 Å². The summed E-state index contributed by atoms with van der Waals surface area (Å²) in [4.78, 5) is 26.8. The van der Waals surface area contributed by atoms with Gasteiger partial charge in [-0.1, -0.05) is 24.6 Å². The number of hydrogen-bond donors (Lipinski definition) is 0. The zero-order chi connectivity index (χ0) is 22.5. The van der Waals surface area contributed by atoms with E-state index in [4.69, 9.17) is 0 Å². The molecule has 1 aromatic heterocycles. The Morgan fingerprint density at radius 2 is 1.69 bits per heavy atom. The van der Waals surface area contributed by atoms with Gasteiger partial charge in [0, 0.05) is 30.4 Å². The van der Waals surface area contributed by atoms with Crippen LogP contribution in [0.5, 0.6) is 0 Å². The molecule has 4 rings (SSSR count). The van der Waals surface area contributed by atoms with Gasteiger partial charge in [0.1, 0.15) is 12.0 Å². The Hall–Kier alpha value is -2.27. The highest BCUT2D eigenvalue weighted by atomic mass is 16.2. The van der Waals surface area contributed by atoms with Gasteiger partial charge in [0.15, 0.2) is 0 Å². The van der Waals surface area contributed by atoms with Crippen molar-refractivity contribution in [2.75, 3.05) is 26.2 Å². The van der Waals surface area contributed by atoms with E-state index >= 15 is 0 Å². The number of amides is 1. The Balaban J connectivity index is 1.33. The topological polar surface area (TPSA) is 49.3 Å². The van der Waals surface area contributed by atoms with Crippen LogP contribution in [-0.2, 0) is 12.8 Å². The quantitative estimate of drug-likeness (QED) is 0.663. The number of hydrogen-bond acceptors (Lipinski definition) is 4. The van der Waals surface area contributed by atoms with Crippen LogP contribution in [0.1, 0.15) is 77.0 Å². The second-order valence-corrected chi connectivity index (χ2v) is 9.69. The van der Waals surface area contributed by atoms with Crippen LogP contribution in [0.25, 0.3) is 0 Å². The molecule has 2 saturated heterocycles. The summed E-state index contributed by atoms with van der Waals surface area (Å²) in [6.07, 6.45) is 10.7. The van der Waals surface area contributed by atoms with Crippen LogP contribution in [0.3, 0.4) is 0 Å². The van der Waals surface area contributed by atoms with Crippen molar-refractivity contribution in [1.82, 2.24) is 19.8 Å². The molecule has 0 spiro atoms. The molecule has 32 heavy (non-hydrogen) atoms. The predicted octanol–water partition coefficient (Wildman–Crippen LogP) is 4.67. The molecule has 0 saturated carbocycles. The largest absolute Gasteiger partial charge is 0.337 e. The summed E-state index contributed by atoms with van der Waals surface area (Å²) in [6, 6.07) is 7.35. The third-order valence-corrected chi connectivity index (χ3v) is 7.50. The molecule has 0 N–H and O–H groups in total. The summed E-state index contributed by atoms with van der Waals surface area (Å²) in [5, 5.41) is 0. The second kappa shape index (κ2) is 10.6. The zero-order valence-corrected chi connectivity index (χ0v) is 20.1. The standard InChI is InChI=1S/C27H38N4O/c1-20-10-11-23(18-21(20)2)8-7-9-25-22(3)26(29-19-28-25)27(32)31-16-12-24(13-17-31)30-14-5-4-6-15-30/h10-11,18-19,24H,4-9,12-17H2,1-3H3. The van der Waals surface area contributed by atoms with E-state index < -0.39 is 0 Å². The average Bonchev–Trinajstić information content (AvgIpc) is 2.83. The first-order valence-electron chi connectivity index (χ1n) is 12.4. The van der Waals surface area contributed by atoms with Crippen LogP contribution < -0.4 is 0 Å². The molecule has 5 heteroatoms. The second-order valence-electron chi connectivity index (χ2n) is 9.69. The lowest BCUT2D eigenvalue weighted by Crippen LogP contribution is -2.48. The van der Waals surface area contributed by atoms with Crippen LogP contribution in [0, 0.1) is 20.8 Å². The number of benzene rings is 1. The van der Waals surface area contributed by atoms with E-state index in [0.29, 0.717) is 11.7 Å². The molecule has 0 aliphatic carbocycles. The SMILES string of the molecule is Cc1ccc(CCCc2ncnc(C(=O)N3CCC(N4CCCCC4)CC3)c2C)cc1C. The lowest BCUT2D eigenvalue weighted by atomic mass is 9.99. The fraction of sp³-hybridized carbons (Fsp3) is 0.593. The normalized spacial score (nSPS) is 18.2. The molecule has 2 aliphatic heterocycles. The number of aryl methyl sites for hydroxylation is 4. The molecule has 0 atom stereocenters. The lowest BCUT2D eigenvalue weighted by Gasteiger charge is -2.40. The van der Waals surface area contributed by atoms with Crippen molar-refractivity contribution in [3.05, 3.63) is 58.2 Å². The number of piperidine rings is 2. The molecular formula is C27H38N4O. The van der Waals surface area contributed by atoms with Gasteiger partial charge in [0.25, 0.3) is 5.91 Å². The van der Waals surface area contributed by atoms with E-state index in [-0.39, 0.29) is 5.91 Å². The van der Waals surface area contributed by atoms with Gasteiger partial charge >= 0.3 is 0 Å². The smallest absolute Gasteiger partial charge is 0.272 e. The fourth-order valence-electron chi connectivity index (χ4n) is 5.24. The maximum atomic E-state index is 13.2. The van der Waals surface area contributed by atoms with Gasteiger partial charge in [-0.3, -0.25) is 4.79 Å². The van der Waals surface area contributed by atoms with Crippen LogP contribution >= 0.6 is 0 Å². The van der Waals surface area contributed by atoms with E-state index in [1.54, 1.807) is 6.33 Å². The van der Waals surface area contributed by atoms with E-state index in [2.05, 4.69) is 46.9 Å². The molecule has 0 bridgehead atoms. The van der Waals surface area contributed by atoms with Gasteiger partial charge in [-0.05, 0) is 95.5 Å². The Bertz CT molecular complexity index is 927. The van der Waals surface area contributed by atoms with Gasteiger partial charge in [0.05, 0.1) is 0 Å². The maximum absolute atomic E-state index is 13.2. The van der Waals surface area contributed by atoms with Crippen LogP contribution in [-0.4, -0.2) is 57.9 Å². The molecule has 3 heterocycles. The molecule has 172 valence electrons. The van der Waals surface area contributed by atoms with Gasteiger partial charge in [0.2, 0.25) is 0 Å². The number of aromatic nitrogens is 2. The monoisotopic (exact) mass is 434 g/mol. The molecule has 2 fully saturated rings. The van der Waals surface area contributed by atoms with Crippen LogP contribution in [0.4, 0.5) is 0 Å². The number of carbonyl (C=O) groups is 1. The Labute approximate surface area is 193 Å². The number of rotatable bonds is 6. The van der Waals surface area contributed by atoms with Crippen LogP contribution in [0.15, 0.2) is 24.5 Å². The summed E-state index contributed by atoms with van der Waals surface area (Å²) in [7, 11) is 0. The molecule has 2 aromatic rings. The molecule has 2 aliphatic rings. The van der Waals surface area contributed by atoms with Gasteiger partial charge in [-0.25, -0.2) is 9.97 Å². The van der Waals surface area contributed by atoms with Crippen molar-refractivity contribution in [2.24, 2.45) is 0 Å². The first-order valence-corrected chi connectivity index (χ1v) is 12.4. The third-order valence-electron chi connectivity index (χ3n) is 7.50. The van der Waals surface area contributed by atoms with E-state index in [1.165, 1.54) is 49.0 Å². The molecule has 1 aromatic carbocycles. The van der Waals surface area contributed by atoms with Gasteiger partial charge in [-0.15, -0.1) is 0 Å². The zero-order valence-electron chi connectivity index (χ0n) is 20.1. The summed E-state index contributed by atoms with van der Waals surface area (Å²) in [6.45, 7) is 10.5. The lowest BCUT2D eigenvalue weighted by molar-refractivity contribution is 0.0583. The Kier molecular flexibility index (Phi) is 7.56. The first-order chi connectivity index (χ1) is 15.5. The molecule has 1 amide bonds. The Morgan fingerprint density at radius 1 is 0.938 bits per heavy atom. The van der Waals surface area contributed by atoms with Crippen molar-refractivity contribution in [2.45, 2.75) is 78.2 Å². The molecular weight excluding hydrogens is 396 g/mol. The number of carbonyl (C=O) groups excluding carboxylic acids is 1. The van der Waals surface area contributed by atoms with Crippen molar-refractivity contribution < 1.29 is 4.79 Å². The summed E-state index contributed by atoms with van der Waals surface area (Å²) >= 11 is 0. The van der Waals surface area contributed by atoms with Crippen molar-refractivity contribution in [3.63, 3.8) is 0 Å².